The minimum atomic E-state index is -3.68. The molecule has 1 atom stereocenters. The number of carbonyl (C=O) groups excluding carboxylic acids is 2. The maximum absolute atomic E-state index is 13.1. The SMILES string of the molecule is CCc1cccc(C)c1N1C(=O)C[C@H](Sc2ccc(NS(=O)(=O)c3ccccc3)cc2)C1=O. The van der Waals surface area contributed by atoms with Crippen LogP contribution in [0.4, 0.5) is 11.4 Å². The van der Waals surface area contributed by atoms with Gasteiger partial charge < -0.3 is 0 Å². The number of nitrogens with zero attached hydrogens (tertiary/aromatic N) is 1. The molecule has 3 aromatic carbocycles. The summed E-state index contributed by atoms with van der Waals surface area (Å²) >= 11 is 1.31. The van der Waals surface area contributed by atoms with Crippen LogP contribution in [-0.4, -0.2) is 25.5 Å². The predicted molar refractivity (Wildman–Crippen MR) is 131 cm³/mol. The van der Waals surface area contributed by atoms with Gasteiger partial charge in [0, 0.05) is 17.0 Å². The summed E-state index contributed by atoms with van der Waals surface area (Å²) in [6, 6.07) is 20.7. The normalized spacial score (nSPS) is 16.3. The van der Waals surface area contributed by atoms with Gasteiger partial charge in [-0.1, -0.05) is 43.3 Å². The number of amides is 2. The Bertz CT molecular complexity index is 1290. The van der Waals surface area contributed by atoms with E-state index < -0.39 is 15.3 Å². The molecule has 170 valence electrons. The lowest BCUT2D eigenvalue weighted by atomic mass is 10.0. The standard InChI is InChI=1S/C25H24N2O4S2/c1-3-18-9-7-8-17(2)24(18)27-23(28)16-22(25(27)29)32-20-14-12-19(13-15-20)26-33(30,31)21-10-5-4-6-11-21/h4-15,22,26H,3,16H2,1-2H3/t22-/m0/s1. The van der Waals surface area contributed by atoms with Crippen LogP contribution in [0.15, 0.2) is 82.6 Å². The molecule has 0 spiro atoms. The molecule has 3 aromatic rings. The molecular weight excluding hydrogens is 456 g/mol. The van der Waals surface area contributed by atoms with E-state index in [0.717, 1.165) is 22.4 Å². The molecule has 0 saturated carbocycles. The maximum Gasteiger partial charge on any atom is 0.261 e. The second kappa shape index (κ2) is 9.41. The van der Waals surface area contributed by atoms with E-state index in [1.165, 1.54) is 28.8 Å². The fourth-order valence-electron chi connectivity index (χ4n) is 3.84. The van der Waals surface area contributed by atoms with Gasteiger partial charge in [0.05, 0.1) is 15.8 Å². The first-order chi connectivity index (χ1) is 15.8. The quantitative estimate of drug-likeness (QED) is 0.492. The van der Waals surface area contributed by atoms with E-state index in [4.69, 9.17) is 0 Å². The third-order valence-electron chi connectivity index (χ3n) is 5.47. The number of rotatable bonds is 7. The highest BCUT2D eigenvalue weighted by atomic mass is 32.2. The number of hydrogen-bond donors (Lipinski definition) is 1. The van der Waals surface area contributed by atoms with Crippen molar-refractivity contribution >= 4 is 45.0 Å². The van der Waals surface area contributed by atoms with Gasteiger partial charge in [0.25, 0.3) is 10.0 Å². The zero-order valence-electron chi connectivity index (χ0n) is 18.3. The van der Waals surface area contributed by atoms with Gasteiger partial charge in [0.2, 0.25) is 11.8 Å². The summed E-state index contributed by atoms with van der Waals surface area (Å²) in [5.74, 6) is -0.420. The van der Waals surface area contributed by atoms with E-state index in [1.807, 2.05) is 32.0 Å². The van der Waals surface area contributed by atoms with Crippen molar-refractivity contribution in [3.05, 3.63) is 83.9 Å². The summed E-state index contributed by atoms with van der Waals surface area (Å²) in [6.07, 6.45) is 0.857. The first kappa shape index (κ1) is 23.1. The molecule has 1 aliphatic heterocycles. The van der Waals surface area contributed by atoms with Crippen molar-refractivity contribution < 1.29 is 18.0 Å². The van der Waals surface area contributed by atoms with Crippen LogP contribution in [-0.2, 0) is 26.0 Å². The summed E-state index contributed by atoms with van der Waals surface area (Å²) in [5.41, 5.74) is 2.99. The predicted octanol–water partition coefficient (Wildman–Crippen LogP) is 4.78. The fourth-order valence-corrected chi connectivity index (χ4v) is 5.97. The summed E-state index contributed by atoms with van der Waals surface area (Å²) in [6.45, 7) is 3.91. The Hall–Kier alpha value is -3.10. The van der Waals surface area contributed by atoms with E-state index >= 15 is 0 Å². The third kappa shape index (κ3) is 4.82. The van der Waals surface area contributed by atoms with Crippen LogP contribution in [0, 0.1) is 6.92 Å². The molecule has 1 saturated heterocycles. The van der Waals surface area contributed by atoms with Gasteiger partial charge in [0.15, 0.2) is 0 Å². The Labute approximate surface area is 198 Å². The van der Waals surface area contributed by atoms with Gasteiger partial charge in [-0.15, -0.1) is 11.8 Å². The monoisotopic (exact) mass is 480 g/mol. The lowest BCUT2D eigenvalue weighted by Crippen LogP contribution is -2.32. The minimum Gasteiger partial charge on any atom is -0.280 e. The van der Waals surface area contributed by atoms with Gasteiger partial charge in [-0.25, -0.2) is 13.3 Å². The number of sulfonamides is 1. The lowest BCUT2D eigenvalue weighted by Gasteiger charge is -2.20. The molecule has 0 radical (unpaired) electrons. The Kier molecular flexibility index (Phi) is 6.58. The smallest absolute Gasteiger partial charge is 0.261 e. The highest BCUT2D eigenvalue weighted by Crippen LogP contribution is 2.37. The van der Waals surface area contributed by atoms with Crippen LogP contribution in [0.1, 0.15) is 24.5 Å². The van der Waals surface area contributed by atoms with Crippen LogP contribution in [0.3, 0.4) is 0 Å². The van der Waals surface area contributed by atoms with E-state index in [0.29, 0.717) is 11.4 Å². The number of hydrogen-bond acceptors (Lipinski definition) is 5. The molecule has 0 bridgehead atoms. The Balaban J connectivity index is 1.48. The molecular formula is C25H24N2O4S2. The van der Waals surface area contributed by atoms with Crippen LogP contribution in [0.5, 0.6) is 0 Å². The van der Waals surface area contributed by atoms with Crippen LogP contribution >= 0.6 is 11.8 Å². The zero-order valence-corrected chi connectivity index (χ0v) is 19.9. The molecule has 4 rings (SSSR count). The number of nitrogens with one attached hydrogen (secondary N) is 1. The largest absolute Gasteiger partial charge is 0.280 e. The van der Waals surface area contributed by atoms with Crippen molar-refractivity contribution in [2.75, 3.05) is 9.62 Å². The molecule has 8 heteroatoms. The molecule has 1 N–H and O–H groups in total. The number of para-hydroxylation sites is 1. The summed E-state index contributed by atoms with van der Waals surface area (Å²) < 4.78 is 27.5. The first-order valence-electron chi connectivity index (χ1n) is 10.6. The number of thioether (sulfide) groups is 1. The molecule has 0 aromatic heterocycles. The molecule has 1 heterocycles. The van der Waals surface area contributed by atoms with E-state index in [2.05, 4.69) is 4.72 Å². The number of aryl methyl sites for hydroxylation is 2. The van der Waals surface area contributed by atoms with Gasteiger partial charge >= 0.3 is 0 Å². The van der Waals surface area contributed by atoms with Crippen molar-refractivity contribution in [2.24, 2.45) is 0 Å². The number of imide groups is 1. The zero-order chi connectivity index (χ0) is 23.6. The number of carbonyl (C=O) groups is 2. The Morgan fingerprint density at radius 1 is 0.970 bits per heavy atom. The molecule has 2 amide bonds. The fraction of sp³-hybridized carbons (Fsp3) is 0.200. The first-order valence-corrected chi connectivity index (χ1v) is 13.0. The van der Waals surface area contributed by atoms with Crippen LogP contribution < -0.4 is 9.62 Å². The van der Waals surface area contributed by atoms with Crippen molar-refractivity contribution in [3.63, 3.8) is 0 Å². The average Bonchev–Trinajstić information content (AvgIpc) is 3.08. The maximum atomic E-state index is 13.1. The van der Waals surface area contributed by atoms with Crippen molar-refractivity contribution in [2.45, 2.75) is 41.7 Å². The Morgan fingerprint density at radius 2 is 1.67 bits per heavy atom. The van der Waals surface area contributed by atoms with Crippen LogP contribution in [0.2, 0.25) is 0 Å². The third-order valence-corrected chi connectivity index (χ3v) is 8.06. The molecule has 0 unspecified atom stereocenters. The van der Waals surface area contributed by atoms with E-state index in [-0.39, 0.29) is 23.1 Å². The summed E-state index contributed by atoms with van der Waals surface area (Å²) in [5, 5.41) is -0.520. The van der Waals surface area contributed by atoms with Gasteiger partial charge in [-0.05, 0) is 60.9 Å². The lowest BCUT2D eigenvalue weighted by molar-refractivity contribution is -0.121. The van der Waals surface area contributed by atoms with Crippen molar-refractivity contribution in [3.8, 4) is 0 Å². The second-order valence-electron chi connectivity index (χ2n) is 7.76. The molecule has 1 fully saturated rings. The second-order valence-corrected chi connectivity index (χ2v) is 10.7. The molecule has 6 nitrogen and oxygen atoms in total. The van der Waals surface area contributed by atoms with Gasteiger partial charge in [-0.3, -0.25) is 14.3 Å². The molecule has 1 aliphatic rings. The van der Waals surface area contributed by atoms with Crippen LogP contribution in [0.25, 0.3) is 0 Å². The highest BCUT2D eigenvalue weighted by molar-refractivity contribution is 8.00. The highest BCUT2D eigenvalue weighted by Gasteiger charge is 2.41. The summed E-state index contributed by atoms with van der Waals surface area (Å²) in [4.78, 5) is 28.2. The van der Waals surface area contributed by atoms with Gasteiger partial charge in [-0.2, -0.15) is 0 Å². The number of anilines is 2. The summed E-state index contributed by atoms with van der Waals surface area (Å²) in [7, 11) is -3.68. The average molecular weight is 481 g/mol. The van der Waals surface area contributed by atoms with Gasteiger partial charge in [0.1, 0.15) is 0 Å². The number of benzene rings is 3. The van der Waals surface area contributed by atoms with E-state index in [9.17, 15) is 18.0 Å². The van der Waals surface area contributed by atoms with Crippen molar-refractivity contribution in [1.29, 1.82) is 0 Å². The van der Waals surface area contributed by atoms with Crippen molar-refractivity contribution in [1.82, 2.24) is 0 Å². The Morgan fingerprint density at radius 3 is 2.33 bits per heavy atom. The van der Waals surface area contributed by atoms with E-state index in [1.54, 1.807) is 42.5 Å². The molecule has 33 heavy (non-hydrogen) atoms. The topological polar surface area (TPSA) is 83.6 Å². The molecule has 0 aliphatic carbocycles. The minimum absolute atomic E-state index is 0.128.